The van der Waals surface area contributed by atoms with Gasteiger partial charge in [0.25, 0.3) is 0 Å². The quantitative estimate of drug-likeness (QED) is 0.883. The molecule has 0 amide bonds. The van der Waals surface area contributed by atoms with Gasteiger partial charge in [0.2, 0.25) is 5.82 Å². The van der Waals surface area contributed by atoms with E-state index >= 15 is 0 Å². The van der Waals surface area contributed by atoms with Gasteiger partial charge in [-0.25, -0.2) is 9.97 Å². The summed E-state index contributed by atoms with van der Waals surface area (Å²) in [5.74, 6) is -1.13. The van der Waals surface area contributed by atoms with E-state index in [-0.39, 0.29) is 0 Å². The van der Waals surface area contributed by atoms with Crippen molar-refractivity contribution in [3.63, 3.8) is 0 Å². The second-order valence-electron chi connectivity index (χ2n) is 4.38. The Hall–Kier alpha value is -1.21. The molecular weight excluding hydrogens is 245 g/mol. The zero-order valence-corrected chi connectivity index (χ0v) is 9.82. The molecule has 7 heteroatoms. The van der Waals surface area contributed by atoms with Crippen LogP contribution < -0.4 is 5.73 Å². The summed E-state index contributed by atoms with van der Waals surface area (Å²) < 4.78 is 36.9. The van der Waals surface area contributed by atoms with Crippen molar-refractivity contribution in [2.24, 2.45) is 5.73 Å². The topological polar surface area (TPSA) is 55.0 Å². The summed E-state index contributed by atoms with van der Waals surface area (Å²) in [4.78, 5) is 8.68. The van der Waals surface area contributed by atoms with Gasteiger partial charge in [0.05, 0.1) is 6.17 Å². The maximum Gasteiger partial charge on any atom is 0.451 e. The predicted molar refractivity (Wildman–Crippen MR) is 59.4 cm³/mol. The van der Waals surface area contributed by atoms with E-state index < -0.39 is 18.2 Å². The molecule has 1 atom stereocenters. The molecule has 1 fully saturated rings. The first-order valence-electron chi connectivity index (χ1n) is 5.87. The highest BCUT2D eigenvalue weighted by Gasteiger charge is 2.34. The molecule has 1 unspecified atom stereocenters. The molecule has 1 aliphatic heterocycles. The third-order valence-corrected chi connectivity index (χ3v) is 3.05. The monoisotopic (exact) mass is 260 g/mol. The predicted octanol–water partition coefficient (Wildman–Crippen LogP) is 1.94. The Labute approximate surface area is 103 Å². The van der Waals surface area contributed by atoms with Crippen molar-refractivity contribution in [1.29, 1.82) is 0 Å². The number of aromatic nitrogens is 2. The van der Waals surface area contributed by atoms with Gasteiger partial charge in [-0.2, -0.15) is 13.2 Å². The Morgan fingerprint density at radius 3 is 2.17 bits per heavy atom. The first-order valence-corrected chi connectivity index (χ1v) is 5.87. The number of hydrogen-bond donors (Lipinski definition) is 1. The molecule has 1 saturated heterocycles. The Morgan fingerprint density at radius 2 is 1.67 bits per heavy atom. The number of nitrogens with zero attached hydrogens (tertiary/aromatic N) is 3. The number of rotatable bonds is 2. The van der Waals surface area contributed by atoms with Gasteiger partial charge in [-0.1, -0.05) is 6.42 Å². The maximum absolute atomic E-state index is 12.3. The fourth-order valence-electron chi connectivity index (χ4n) is 2.04. The van der Waals surface area contributed by atoms with Crippen LogP contribution >= 0.6 is 0 Å². The van der Waals surface area contributed by atoms with Gasteiger partial charge in [0.15, 0.2) is 0 Å². The van der Waals surface area contributed by atoms with Crippen LogP contribution in [0.25, 0.3) is 0 Å². The van der Waals surface area contributed by atoms with Gasteiger partial charge in [-0.05, 0) is 25.9 Å². The Kier molecular flexibility index (Phi) is 3.82. The van der Waals surface area contributed by atoms with E-state index in [1.165, 1.54) is 6.42 Å². The van der Waals surface area contributed by atoms with Gasteiger partial charge >= 0.3 is 6.18 Å². The number of piperidine rings is 1. The first-order chi connectivity index (χ1) is 8.48. The van der Waals surface area contributed by atoms with Crippen LogP contribution in [0.15, 0.2) is 12.4 Å². The molecular formula is C11H15F3N4. The van der Waals surface area contributed by atoms with E-state index in [2.05, 4.69) is 9.97 Å². The SMILES string of the molecule is NC(c1cnc(C(F)(F)F)nc1)N1CCCCC1. The number of likely N-dealkylation sites (tertiary alicyclic amines) is 1. The molecule has 18 heavy (non-hydrogen) atoms. The van der Waals surface area contributed by atoms with Crippen molar-refractivity contribution in [2.45, 2.75) is 31.6 Å². The van der Waals surface area contributed by atoms with Crippen LogP contribution in [0, 0.1) is 0 Å². The molecule has 0 radical (unpaired) electrons. The van der Waals surface area contributed by atoms with E-state index in [0.29, 0.717) is 5.56 Å². The molecule has 1 aliphatic rings. The van der Waals surface area contributed by atoms with E-state index in [1.807, 2.05) is 4.90 Å². The zero-order chi connectivity index (χ0) is 13.2. The summed E-state index contributed by atoms with van der Waals surface area (Å²) in [6.45, 7) is 1.73. The molecule has 0 aromatic carbocycles. The molecule has 100 valence electrons. The highest BCUT2D eigenvalue weighted by Crippen LogP contribution is 2.26. The minimum atomic E-state index is -4.51. The normalized spacial score (nSPS) is 19.8. The maximum atomic E-state index is 12.3. The van der Waals surface area contributed by atoms with Crippen LogP contribution in [0.5, 0.6) is 0 Å². The molecule has 0 spiro atoms. The van der Waals surface area contributed by atoms with Crippen molar-refractivity contribution in [2.75, 3.05) is 13.1 Å². The lowest BCUT2D eigenvalue weighted by atomic mass is 10.1. The lowest BCUT2D eigenvalue weighted by Crippen LogP contribution is -2.38. The van der Waals surface area contributed by atoms with Gasteiger partial charge in [-0.3, -0.25) is 4.90 Å². The van der Waals surface area contributed by atoms with Gasteiger partial charge in [0.1, 0.15) is 0 Å². The van der Waals surface area contributed by atoms with E-state index in [9.17, 15) is 13.2 Å². The number of halogens is 3. The standard InChI is InChI=1S/C11H15F3N4/c12-11(13,14)10-16-6-8(7-17-10)9(15)18-4-2-1-3-5-18/h6-7,9H,1-5,15H2. The van der Waals surface area contributed by atoms with Crippen molar-refractivity contribution in [3.8, 4) is 0 Å². The van der Waals surface area contributed by atoms with Gasteiger partial charge in [0, 0.05) is 18.0 Å². The highest BCUT2D eigenvalue weighted by molar-refractivity contribution is 5.11. The third-order valence-electron chi connectivity index (χ3n) is 3.05. The Morgan fingerprint density at radius 1 is 1.11 bits per heavy atom. The summed E-state index contributed by atoms with van der Waals surface area (Å²) in [7, 11) is 0. The zero-order valence-electron chi connectivity index (χ0n) is 9.82. The number of hydrogen-bond acceptors (Lipinski definition) is 4. The van der Waals surface area contributed by atoms with Crippen molar-refractivity contribution >= 4 is 0 Å². The van der Waals surface area contributed by atoms with Gasteiger partial charge < -0.3 is 5.73 Å². The average Bonchev–Trinajstić information content (AvgIpc) is 2.38. The minimum Gasteiger partial charge on any atom is -0.312 e. The largest absolute Gasteiger partial charge is 0.451 e. The summed E-state index contributed by atoms with van der Waals surface area (Å²) in [6.07, 6.45) is 0.697. The Bertz CT molecular complexity index is 384. The van der Waals surface area contributed by atoms with E-state index in [0.717, 1.165) is 38.3 Å². The van der Waals surface area contributed by atoms with Crippen molar-refractivity contribution in [1.82, 2.24) is 14.9 Å². The molecule has 0 aliphatic carbocycles. The second-order valence-corrected chi connectivity index (χ2v) is 4.38. The third kappa shape index (κ3) is 2.97. The van der Waals surface area contributed by atoms with Crippen molar-refractivity contribution in [3.05, 3.63) is 23.8 Å². The summed E-state index contributed by atoms with van der Waals surface area (Å²) >= 11 is 0. The molecule has 0 bridgehead atoms. The average molecular weight is 260 g/mol. The van der Waals surface area contributed by atoms with Crippen LogP contribution in [0.2, 0.25) is 0 Å². The molecule has 0 saturated carbocycles. The number of nitrogens with two attached hydrogens (primary N) is 1. The summed E-state index contributed by atoms with van der Waals surface area (Å²) in [5.41, 5.74) is 6.51. The molecule has 4 nitrogen and oxygen atoms in total. The van der Waals surface area contributed by atoms with Crippen LogP contribution in [-0.4, -0.2) is 28.0 Å². The summed E-state index contributed by atoms with van der Waals surface area (Å²) in [5, 5.41) is 0. The van der Waals surface area contributed by atoms with Crippen LogP contribution in [-0.2, 0) is 6.18 Å². The van der Waals surface area contributed by atoms with E-state index in [4.69, 9.17) is 5.73 Å². The van der Waals surface area contributed by atoms with Crippen LogP contribution in [0.1, 0.15) is 36.8 Å². The number of alkyl halides is 3. The van der Waals surface area contributed by atoms with Crippen LogP contribution in [0.4, 0.5) is 13.2 Å². The first kappa shape index (κ1) is 13.2. The molecule has 2 N–H and O–H groups in total. The Balaban J connectivity index is 2.09. The van der Waals surface area contributed by atoms with Crippen molar-refractivity contribution < 1.29 is 13.2 Å². The van der Waals surface area contributed by atoms with Crippen LogP contribution in [0.3, 0.4) is 0 Å². The molecule has 2 heterocycles. The lowest BCUT2D eigenvalue weighted by Gasteiger charge is -2.31. The lowest BCUT2D eigenvalue weighted by molar-refractivity contribution is -0.145. The fourth-order valence-corrected chi connectivity index (χ4v) is 2.04. The molecule has 2 rings (SSSR count). The minimum absolute atomic E-state index is 0.424. The van der Waals surface area contributed by atoms with E-state index in [1.54, 1.807) is 0 Å². The molecule has 1 aromatic heterocycles. The summed E-state index contributed by atoms with van der Waals surface area (Å²) in [6, 6.07) is 0. The second kappa shape index (κ2) is 5.19. The van der Waals surface area contributed by atoms with Gasteiger partial charge in [-0.15, -0.1) is 0 Å². The smallest absolute Gasteiger partial charge is 0.312 e. The highest BCUT2D eigenvalue weighted by atomic mass is 19.4. The molecule has 1 aromatic rings. The fraction of sp³-hybridized carbons (Fsp3) is 0.636.